The van der Waals surface area contributed by atoms with Gasteiger partial charge in [-0.15, -0.1) is 0 Å². The van der Waals surface area contributed by atoms with Crippen LogP contribution >= 0.6 is 0 Å². The van der Waals surface area contributed by atoms with Crippen molar-refractivity contribution in [1.82, 2.24) is 15.5 Å². The number of likely N-dealkylation sites (tertiary alicyclic amines) is 1. The highest BCUT2D eigenvalue weighted by Gasteiger charge is 2.24. The second-order valence-electron chi connectivity index (χ2n) is 6.63. The van der Waals surface area contributed by atoms with Crippen LogP contribution in [0.4, 0.5) is 0 Å². The summed E-state index contributed by atoms with van der Waals surface area (Å²) in [6.07, 6.45) is 1.11. The molecule has 0 bridgehead atoms. The number of hydrogen-bond acceptors (Lipinski definition) is 4. The van der Waals surface area contributed by atoms with Gasteiger partial charge in [-0.1, -0.05) is 12.1 Å². The zero-order valence-corrected chi connectivity index (χ0v) is 16.7. The highest BCUT2D eigenvalue weighted by Crippen LogP contribution is 2.16. The Balaban J connectivity index is 1.78. The number of amides is 1. The SMILES string of the molecule is CCNC(=O)c1ccc(CNC(=NC)N2CCC(COCCOC)C2)cc1. The molecule has 7 heteroatoms. The van der Waals surface area contributed by atoms with Gasteiger partial charge in [0, 0.05) is 51.8 Å². The molecule has 1 atom stereocenters. The van der Waals surface area contributed by atoms with Crippen LogP contribution in [0, 0.1) is 5.92 Å². The van der Waals surface area contributed by atoms with Crippen molar-refractivity contribution in [3.8, 4) is 0 Å². The van der Waals surface area contributed by atoms with Crippen LogP contribution in [-0.2, 0) is 16.0 Å². The summed E-state index contributed by atoms with van der Waals surface area (Å²) in [6, 6.07) is 7.66. The number of nitrogens with one attached hydrogen (secondary N) is 2. The van der Waals surface area contributed by atoms with Gasteiger partial charge in [0.2, 0.25) is 0 Å². The highest BCUT2D eigenvalue weighted by atomic mass is 16.5. The second-order valence-corrected chi connectivity index (χ2v) is 6.63. The van der Waals surface area contributed by atoms with Crippen LogP contribution in [0.1, 0.15) is 29.3 Å². The molecule has 7 nitrogen and oxygen atoms in total. The van der Waals surface area contributed by atoms with Gasteiger partial charge >= 0.3 is 0 Å². The lowest BCUT2D eigenvalue weighted by atomic mass is 10.1. The number of carbonyl (C=O) groups is 1. The maximum absolute atomic E-state index is 11.8. The molecule has 1 unspecified atom stereocenters. The van der Waals surface area contributed by atoms with Crippen molar-refractivity contribution in [2.45, 2.75) is 19.9 Å². The monoisotopic (exact) mass is 376 g/mol. The van der Waals surface area contributed by atoms with Crippen LogP contribution in [0.2, 0.25) is 0 Å². The molecule has 0 saturated carbocycles. The van der Waals surface area contributed by atoms with Crippen LogP contribution in [0.15, 0.2) is 29.3 Å². The number of rotatable bonds is 9. The van der Waals surface area contributed by atoms with E-state index in [0.29, 0.717) is 37.8 Å². The number of hydrogen-bond donors (Lipinski definition) is 2. The first-order chi connectivity index (χ1) is 13.2. The van der Waals surface area contributed by atoms with E-state index in [0.717, 1.165) is 37.6 Å². The normalized spacial score (nSPS) is 17.2. The third kappa shape index (κ3) is 6.84. The molecule has 150 valence electrons. The number of carbonyl (C=O) groups excluding carboxylic acids is 1. The van der Waals surface area contributed by atoms with Gasteiger partial charge in [0.1, 0.15) is 0 Å². The van der Waals surface area contributed by atoms with Crippen molar-refractivity contribution < 1.29 is 14.3 Å². The van der Waals surface area contributed by atoms with E-state index in [1.54, 1.807) is 7.11 Å². The first kappa shape index (κ1) is 21.2. The number of ether oxygens (including phenoxy) is 2. The zero-order chi connectivity index (χ0) is 19.5. The van der Waals surface area contributed by atoms with Gasteiger partial charge in [-0.3, -0.25) is 9.79 Å². The molecule has 0 aromatic heterocycles. The summed E-state index contributed by atoms with van der Waals surface area (Å²) in [6.45, 7) is 7.19. The molecular formula is C20H32N4O3. The summed E-state index contributed by atoms with van der Waals surface area (Å²) in [5, 5.41) is 6.22. The van der Waals surface area contributed by atoms with Gasteiger partial charge < -0.3 is 25.0 Å². The predicted octanol–water partition coefficient (Wildman–Crippen LogP) is 1.50. The summed E-state index contributed by atoms with van der Waals surface area (Å²) >= 11 is 0. The highest BCUT2D eigenvalue weighted by molar-refractivity contribution is 5.94. The van der Waals surface area contributed by atoms with Crippen LogP contribution in [0.5, 0.6) is 0 Å². The molecule has 1 aliphatic rings. The standard InChI is InChI=1S/C20H32N4O3/c1-4-22-19(25)18-7-5-16(6-8-18)13-23-20(21-2)24-10-9-17(14-24)15-27-12-11-26-3/h5-8,17H,4,9-15H2,1-3H3,(H,21,23)(H,22,25). The minimum absolute atomic E-state index is 0.0383. The first-order valence-corrected chi connectivity index (χ1v) is 9.57. The Morgan fingerprint density at radius 2 is 2.04 bits per heavy atom. The van der Waals surface area contributed by atoms with Gasteiger partial charge in [-0.2, -0.15) is 0 Å². The van der Waals surface area contributed by atoms with Crippen molar-refractivity contribution >= 4 is 11.9 Å². The van der Waals surface area contributed by atoms with E-state index in [9.17, 15) is 4.79 Å². The fourth-order valence-corrected chi connectivity index (χ4v) is 3.10. The topological polar surface area (TPSA) is 75.2 Å². The second kappa shape index (κ2) is 11.6. The molecule has 1 aromatic rings. The Hall–Kier alpha value is -2.12. The summed E-state index contributed by atoms with van der Waals surface area (Å²) in [4.78, 5) is 18.5. The van der Waals surface area contributed by atoms with Gasteiger partial charge in [0.05, 0.1) is 19.8 Å². The van der Waals surface area contributed by atoms with E-state index < -0.39 is 0 Å². The maximum Gasteiger partial charge on any atom is 0.251 e. The molecular weight excluding hydrogens is 344 g/mol. The molecule has 2 rings (SSSR count). The zero-order valence-electron chi connectivity index (χ0n) is 16.7. The van der Waals surface area contributed by atoms with Crippen molar-refractivity contribution in [2.24, 2.45) is 10.9 Å². The van der Waals surface area contributed by atoms with E-state index in [2.05, 4.69) is 20.5 Å². The van der Waals surface area contributed by atoms with Crippen molar-refractivity contribution in [2.75, 3.05) is 53.6 Å². The molecule has 1 saturated heterocycles. The van der Waals surface area contributed by atoms with E-state index in [1.807, 2.05) is 38.2 Å². The van der Waals surface area contributed by atoms with E-state index >= 15 is 0 Å². The number of guanidine groups is 1. The first-order valence-electron chi connectivity index (χ1n) is 9.57. The minimum Gasteiger partial charge on any atom is -0.382 e. The Bertz CT molecular complexity index is 604. The fraction of sp³-hybridized carbons (Fsp3) is 0.600. The average Bonchev–Trinajstić information content (AvgIpc) is 3.15. The fourth-order valence-electron chi connectivity index (χ4n) is 3.10. The lowest BCUT2D eigenvalue weighted by molar-refractivity contribution is 0.0536. The van der Waals surface area contributed by atoms with Gasteiger partial charge in [0.25, 0.3) is 5.91 Å². The smallest absolute Gasteiger partial charge is 0.251 e. The molecule has 1 aromatic carbocycles. The van der Waals surface area contributed by atoms with Crippen molar-refractivity contribution in [1.29, 1.82) is 0 Å². The lowest BCUT2D eigenvalue weighted by Crippen LogP contribution is -2.39. The van der Waals surface area contributed by atoms with Gasteiger partial charge in [-0.25, -0.2) is 0 Å². The number of methoxy groups -OCH3 is 1. The average molecular weight is 377 g/mol. The minimum atomic E-state index is -0.0383. The summed E-state index contributed by atoms with van der Waals surface area (Å²) < 4.78 is 10.7. The van der Waals surface area contributed by atoms with E-state index in [1.165, 1.54) is 0 Å². The number of nitrogens with zero attached hydrogens (tertiary/aromatic N) is 2. The van der Waals surface area contributed by atoms with Crippen molar-refractivity contribution in [3.05, 3.63) is 35.4 Å². The quantitative estimate of drug-likeness (QED) is 0.388. The van der Waals surface area contributed by atoms with E-state index in [4.69, 9.17) is 9.47 Å². The molecule has 0 spiro atoms. The summed E-state index contributed by atoms with van der Waals surface area (Å²) in [7, 11) is 3.49. The molecule has 0 aliphatic carbocycles. The Kier molecular flexibility index (Phi) is 9.07. The largest absolute Gasteiger partial charge is 0.382 e. The van der Waals surface area contributed by atoms with Crippen LogP contribution in [-0.4, -0.2) is 70.4 Å². The number of benzene rings is 1. The molecule has 1 fully saturated rings. The predicted molar refractivity (Wildman–Crippen MR) is 107 cm³/mol. The summed E-state index contributed by atoms with van der Waals surface area (Å²) in [5.74, 6) is 1.39. The Labute approximate surface area is 162 Å². The summed E-state index contributed by atoms with van der Waals surface area (Å²) in [5.41, 5.74) is 1.80. The van der Waals surface area contributed by atoms with Crippen LogP contribution < -0.4 is 10.6 Å². The van der Waals surface area contributed by atoms with Crippen LogP contribution in [0.3, 0.4) is 0 Å². The Morgan fingerprint density at radius 3 is 2.70 bits per heavy atom. The number of aliphatic imine (C=N–C) groups is 1. The van der Waals surface area contributed by atoms with Gasteiger partial charge in [0.15, 0.2) is 5.96 Å². The third-order valence-electron chi connectivity index (χ3n) is 4.59. The third-order valence-corrected chi connectivity index (χ3v) is 4.59. The molecule has 0 radical (unpaired) electrons. The molecule has 1 heterocycles. The maximum atomic E-state index is 11.8. The molecule has 2 N–H and O–H groups in total. The van der Waals surface area contributed by atoms with Crippen molar-refractivity contribution in [3.63, 3.8) is 0 Å². The Morgan fingerprint density at radius 1 is 1.26 bits per heavy atom. The molecule has 27 heavy (non-hydrogen) atoms. The molecule has 1 amide bonds. The van der Waals surface area contributed by atoms with Crippen LogP contribution in [0.25, 0.3) is 0 Å². The van der Waals surface area contributed by atoms with E-state index in [-0.39, 0.29) is 5.91 Å². The van der Waals surface area contributed by atoms with Gasteiger partial charge in [-0.05, 0) is 31.0 Å². The molecule has 1 aliphatic heterocycles. The lowest BCUT2D eigenvalue weighted by Gasteiger charge is -2.22.